The first-order valence-corrected chi connectivity index (χ1v) is 12.0. The first kappa shape index (κ1) is 22.5. The average Bonchev–Trinajstić information content (AvgIpc) is 3.17. The molecule has 0 bridgehead atoms. The summed E-state index contributed by atoms with van der Waals surface area (Å²) in [6, 6.07) is 14.8. The van der Waals surface area contributed by atoms with Gasteiger partial charge in [-0.15, -0.1) is 11.8 Å². The molecule has 0 radical (unpaired) electrons. The maximum absolute atomic E-state index is 13.2. The minimum Gasteiger partial charge on any atom is -0.367 e. The van der Waals surface area contributed by atoms with E-state index < -0.39 is 0 Å². The Hall–Kier alpha value is -1.73. The van der Waals surface area contributed by atoms with Gasteiger partial charge < -0.3 is 14.5 Å². The number of nitrogens with zero attached hydrogens (tertiary/aromatic N) is 2. The minimum atomic E-state index is -0.290. The van der Waals surface area contributed by atoms with Gasteiger partial charge in [0.1, 0.15) is 6.61 Å². The number of likely N-dealkylation sites (tertiary alicyclic amines) is 1. The fraction of sp³-hybridized carbons (Fsp3) is 0.391. The third-order valence-electron chi connectivity index (χ3n) is 5.82. The Bertz CT molecular complexity index is 949. The summed E-state index contributed by atoms with van der Waals surface area (Å²) in [4.78, 5) is 29.3. The number of benzene rings is 2. The molecular formula is C23H24Cl2N2O3S. The quantitative estimate of drug-likeness (QED) is 0.623. The van der Waals surface area contributed by atoms with Crippen LogP contribution in [0, 0.1) is 0 Å². The van der Waals surface area contributed by atoms with E-state index in [4.69, 9.17) is 27.9 Å². The maximum atomic E-state index is 13.2. The Morgan fingerprint density at radius 3 is 2.48 bits per heavy atom. The maximum Gasteiger partial charge on any atom is 0.256 e. The molecule has 0 atom stereocenters. The SMILES string of the molecule is O=C(COCc1ccccc1)N1CCC2(CC1)SCCN2C(=O)c1ccc(Cl)cc1Cl. The first-order chi connectivity index (χ1) is 15.0. The highest BCUT2D eigenvalue weighted by Crippen LogP contribution is 2.45. The molecule has 0 aliphatic carbocycles. The number of hydrogen-bond acceptors (Lipinski definition) is 4. The number of carbonyl (C=O) groups is 2. The van der Waals surface area contributed by atoms with Crippen LogP contribution in [-0.4, -0.2) is 58.5 Å². The normalized spacial score (nSPS) is 17.9. The molecule has 5 nitrogen and oxygen atoms in total. The predicted molar refractivity (Wildman–Crippen MR) is 125 cm³/mol. The van der Waals surface area contributed by atoms with E-state index in [1.165, 1.54) is 0 Å². The molecule has 2 saturated heterocycles. The van der Waals surface area contributed by atoms with Crippen molar-refractivity contribution in [3.05, 3.63) is 69.7 Å². The number of rotatable bonds is 5. The molecule has 31 heavy (non-hydrogen) atoms. The molecule has 0 N–H and O–H groups in total. The monoisotopic (exact) mass is 478 g/mol. The van der Waals surface area contributed by atoms with E-state index in [0.29, 0.717) is 41.8 Å². The molecule has 2 amide bonds. The lowest BCUT2D eigenvalue weighted by Crippen LogP contribution is -2.54. The Kier molecular flexibility index (Phi) is 7.12. The second kappa shape index (κ2) is 9.82. The third kappa shape index (κ3) is 5.03. The summed E-state index contributed by atoms with van der Waals surface area (Å²) >= 11 is 14.1. The second-order valence-corrected chi connectivity index (χ2v) is 10.0. The predicted octanol–water partition coefficient (Wildman–Crippen LogP) is 4.72. The van der Waals surface area contributed by atoms with Crippen molar-refractivity contribution in [1.82, 2.24) is 9.80 Å². The van der Waals surface area contributed by atoms with Crippen molar-refractivity contribution in [1.29, 1.82) is 0 Å². The topological polar surface area (TPSA) is 49.9 Å². The standard InChI is InChI=1S/C23H24Cl2N2O3S/c24-18-6-7-19(20(25)14-18)22(29)27-12-13-31-23(27)8-10-26(11-9-23)21(28)16-30-15-17-4-2-1-3-5-17/h1-7,14H,8-13,15-16H2. The van der Waals surface area contributed by atoms with Crippen LogP contribution in [0.15, 0.2) is 48.5 Å². The fourth-order valence-corrected chi connectivity index (χ4v) is 6.09. The zero-order valence-corrected chi connectivity index (χ0v) is 19.4. The Morgan fingerprint density at radius 2 is 1.77 bits per heavy atom. The lowest BCUT2D eigenvalue weighted by molar-refractivity contribution is -0.138. The van der Waals surface area contributed by atoms with Gasteiger partial charge in [-0.3, -0.25) is 9.59 Å². The number of halogens is 2. The van der Waals surface area contributed by atoms with Crippen LogP contribution in [-0.2, 0) is 16.1 Å². The number of amides is 2. The van der Waals surface area contributed by atoms with Gasteiger partial charge in [-0.25, -0.2) is 0 Å². The van der Waals surface area contributed by atoms with Gasteiger partial charge in [0, 0.05) is 30.4 Å². The van der Waals surface area contributed by atoms with E-state index in [0.717, 1.165) is 24.2 Å². The molecule has 2 fully saturated rings. The smallest absolute Gasteiger partial charge is 0.256 e. The summed E-state index contributed by atoms with van der Waals surface area (Å²) in [5.41, 5.74) is 1.52. The molecule has 2 aromatic rings. The fourth-order valence-electron chi connectivity index (χ4n) is 4.15. The summed E-state index contributed by atoms with van der Waals surface area (Å²) in [5, 5.41) is 0.876. The first-order valence-electron chi connectivity index (χ1n) is 10.3. The second-order valence-electron chi connectivity index (χ2n) is 7.73. The van der Waals surface area contributed by atoms with Crippen molar-refractivity contribution >= 4 is 46.8 Å². The van der Waals surface area contributed by atoms with Crippen molar-refractivity contribution in [3.63, 3.8) is 0 Å². The molecule has 0 saturated carbocycles. The number of carbonyl (C=O) groups excluding carboxylic acids is 2. The lowest BCUT2D eigenvalue weighted by Gasteiger charge is -2.44. The third-order valence-corrected chi connectivity index (χ3v) is 7.92. The van der Waals surface area contributed by atoms with E-state index in [1.54, 1.807) is 30.0 Å². The largest absolute Gasteiger partial charge is 0.367 e. The van der Waals surface area contributed by atoms with Crippen LogP contribution in [0.4, 0.5) is 0 Å². The van der Waals surface area contributed by atoms with E-state index in [9.17, 15) is 9.59 Å². The molecule has 8 heteroatoms. The van der Waals surface area contributed by atoms with Gasteiger partial charge in [0.2, 0.25) is 5.91 Å². The van der Waals surface area contributed by atoms with E-state index >= 15 is 0 Å². The molecular weight excluding hydrogens is 455 g/mol. The molecule has 164 valence electrons. The van der Waals surface area contributed by atoms with Gasteiger partial charge >= 0.3 is 0 Å². The van der Waals surface area contributed by atoms with Crippen molar-refractivity contribution < 1.29 is 14.3 Å². The number of ether oxygens (including phenoxy) is 1. The summed E-state index contributed by atoms with van der Waals surface area (Å²) in [5.74, 6) is 0.801. The molecule has 2 aliphatic rings. The van der Waals surface area contributed by atoms with Crippen molar-refractivity contribution in [3.8, 4) is 0 Å². The summed E-state index contributed by atoms with van der Waals surface area (Å²) in [6.07, 6.45) is 1.47. The Labute approximate surface area is 196 Å². The van der Waals surface area contributed by atoms with Gasteiger partial charge in [-0.05, 0) is 36.6 Å². The lowest BCUT2D eigenvalue weighted by atomic mass is 10.0. The van der Waals surface area contributed by atoms with Crippen LogP contribution < -0.4 is 0 Å². The van der Waals surface area contributed by atoms with Crippen LogP contribution in [0.5, 0.6) is 0 Å². The van der Waals surface area contributed by atoms with Crippen LogP contribution in [0.3, 0.4) is 0 Å². The van der Waals surface area contributed by atoms with E-state index in [-0.39, 0.29) is 23.3 Å². The molecule has 4 rings (SSSR count). The average molecular weight is 479 g/mol. The number of hydrogen-bond donors (Lipinski definition) is 0. The Balaban J connectivity index is 1.34. The zero-order chi connectivity index (χ0) is 21.8. The minimum absolute atomic E-state index is 0.00704. The molecule has 2 heterocycles. The molecule has 0 unspecified atom stereocenters. The van der Waals surface area contributed by atoms with Gasteiger partial charge in [0.25, 0.3) is 5.91 Å². The highest BCUT2D eigenvalue weighted by molar-refractivity contribution is 8.00. The van der Waals surface area contributed by atoms with Crippen molar-refractivity contribution in [2.45, 2.75) is 24.3 Å². The van der Waals surface area contributed by atoms with E-state index in [2.05, 4.69) is 0 Å². The number of piperidine rings is 1. The van der Waals surface area contributed by atoms with Crippen LogP contribution in [0.25, 0.3) is 0 Å². The van der Waals surface area contributed by atoms with Gasteiger partial charge in [-0.2, -0.15) is 0 Å². The molecule has 2 aliphatic heterocycles. The van der Waals surface area contributed by atoms with E-state index in [1.807, 2.05) is 40.1 Å². The molecule has 2 aromatic carbocycles. The van der Waals surface area contributed by atoms with Crippen molar-refractivity contribution in [2.75, 3.05) is 32.0 Å². The van der Waals surface area contributed by atoms with Gasteiger partial charge in [-0.1, -0.05) is 53.5 Å². The zero-order valence-electron chi connectivity index (χ0n) is 17.1. The van der Waals surface area contributed by atoms with Crippen LogP contribution in [0.2, 0.25) is 10.0 Å². The summed E-state index contributed by atoms with van der Waals surface area (Å²) in [6.45, 7) is 2.39. The number of thioether (sulfide) groups is 1. The van der Waals surface area contributed by atoms with Crippen LogP contribution >= 0.6 is 35.0 Å². The highest BCUT2D eigenvalue weighted by Gasteiger charge is 2.47. The highest BCUT2D eigenvalue weighted by atomic mass is 35.5. The molecule has 1 spiro atoms. The summed E-state index contributed by atoms with van der Waals surface area (Å²) in [7, 11) is 0. The summed E-state index contributed by atoms with van der Waals surface area (Å²) < 4.78 is 5.61. The van der Waals surface area contributed by atoms with Crippen LogP contribution in [0.1, 0.15) is 28.8 Å². The Morgan fingerprint density at radius 1 is 1.03 bits per heavy atom. The van der Waals surface area contributed by atoms with Gasteiger partial charge in [0.15, 0.2) is 0 Å². The van der Waals surface area contributed by atoms with Gasteiger partial charge in [0.05, 0.1) is 22.1 Å². The van der Waals surface area contributed by atoms with Crippen molar-refractivity contribution in [2.24, 2.45) is 0 Å². The molecule has 0 aromatic heterocycles.